The van der Waals surface area contributed by atoms with Gasteiger partial charge in [0.15, 0.2) is 0 Å². The second kappa shape index (κ2) is 5.70. The molecule has 0 fully saturated rings. The number of rotatable bonds is 3. The molecule has 118 valence electrons. The molecule has 1 N–H and O–H groups in total. The molecule has 24 heavy (non-hydrogen) atoms. The van der Waals surface area contributed by atoms with E-state index in [-0.39, 0.29) is 0 Å². The molecule has 4 aromatic rings. The van der Waals surface area contributed by atoms with Crippen LogP contribution in [0.2, 0.25) is 0 Å². The smallest absolute Gasteiger partial charge is 0.104 e. The van der Waals surface area contributed by atoms with E-state index in [4.69, 9.17) is 10.3 Å². The Morgan fingerprint density at radius 3 is 2.54 bits per heavy atom. The SMILES string of the molecule is Cn1cc(-c2nn(-c3ccccc3)cc2/C=N\O)c2ccccc21. The Balaban J connectivity index is 1.95. The monoisotopic (exact) mass is 316 g/mol. The summed E-state index contributed by atoms with van der Waals surface area (Å²) in [6.07, 6.45) is 5.34. The molecule has 5 nitrogen and oxygen atoms in total. The van der Waals surface area contributed by atoms with Gasteiger partial charge in [-0.1, -0.05) is 41.6 Å². The largest absolute Gasteiger partial charge is 0.411 e. The van der Waals surface area contributed by atoms with Crippen LogP contribution in [0.5, 0.6) is 0 Å². The van der Waals surface area contributed by atoms with E-state index in [1.165, 1.54) is 6.21 Å². The minimum absolute atomic E-state index is 0.762. The first-order valence-corrected chi connectivity index (χ1v) is 7.65. The van der Waals surface area contributed by atoms with Crippen LogP contribution in [0.15, 0.2) is 72.1 Å². The number of para-hydroxylation sites is 2. The first-order valence-electron chi connectivity index (χ1n) is 7.65. The normalized spacial score (nSPS) is 11.5. The van der Waals surface area contributed by atoms with Crippen LogP contribution < -0.4 is 0 Å². The summed E-state index contributed by atoms with van der Waals surface area (Å²) in [5.74, 6) is 0. The molecule has 2 heterocycles. The predicted molar refractivity (Wildman–Crippen MR) is 94.9 cm³/mol. The Morgan fingerprint density at radius 1 is 1.00 bits per heavy atom. The highest BCUT2D eigenvalue weighted by molar-refractivity contribution is 6.00. The average Bonchev–Trinajstić information content (AvgIpc) is 3.18. The van der Waals surface area contributed by atoms with Crippen LogP contribution in [0.25, 0.3) is 27.8 Å². The van der Waals surface area contributed by atoms with Crippen molar-refractivity contribution >= 4 is 17.1 Å². The van der Waals surface area contributed by atoms with Gasteiger partial charge in [0.05, 0.1) is 11.9 Å². The lowest BCUT2D eigenvalue weighted by atomic mass is 10.1. The molecule has 0 radical (unpaired) electrons. The maximum absolute atomic E-state index is 9.02. The quantitative estimate of drug-likeness (QED) is 0.355. The highest BCUT2D eigenvalue weighted by Crippen LogP contribution is 2.31. The Bertz CT molecular complexity index is 1030. The van der Waals surface area contributed by atoms with Crippen molar-refractivity contribution in [3.05, 3.63) is 72.6 Å². The summed E-state index contributed by atoms with van der Waals surface area (Å²) in [5, 5.41) is 18.1. The van der Waals surface area contributed by atoms with Crippen LogP contribution in [0.1, 0.15) is 5.56 Å². The molecule has 0 aliphatic heterocycles. The first-order chi connectivity index (χ1) is 11.8. The Kier molecular flexibility index (Phi) is 3.39. The fourth-order valence-corrected chi connectivity index (χ4v) is 3.00. The van der Waals surface area contributed by atoms with Gasteiger partial charge in [0.1, 0.15) is 5.69 Å². The van der Waals surface area contributed by atoms with Crippen LogP contribution in [0, 0.1) is 0 Å². The second-order valence-corrected chi connectivity index (χ2v) is 5.63. The summed E-state index contributed by atoms with van der Waals surface area (Å²) in [7, 11) is 2.01. The molecular formula is C19H16N4O. The number of oxime groups is 1. The maximum Gasteiger partial charge on any atom is 0.104 e. The van der Waals surface area contributed by atoms with Gasteiger partial charge in [-0.15, -0.1) is 0 Å². The summed E-state index contributed by atoms with van der Waals surface area (Å²) in [6.45, 7) is 0. The minimum Gasteiger partial charge on any atom is -0.411 e. The number of hydrogen-bond donors (Lipinski definition) is 1. The molecule has 0 saturated carbocycles. The zero-order valence-corrected chi connectivity index (χ0v) is 13.2. The van der Waals surface area contributed by atoms with Crippen molar-refractivity contribution in [2.24, 2.45) is 12.2 Å². The molecule has 2 aromatic heterocycles. The lowest BCUT2D eigenvalue weighted by molar-refractivity contribution is 0.322. The molecule has 0 saturated heterocycles. The summed E-state index contributed by atoms with van der Waals surface area (Å²) in [5.41, 5.74) is 4.65. The highest BCUT2D eigenvalue weighted by Gasteiger charge is 2.16. The average molecular weight is 316 g/mol. The van der Waals surface area contributed by atoms with Gasteiger partial charge in [-0.25, -0.2) is 4.68 Å². The molecule has 0 spiro atoms. The number of aryl methyl sites for hydroxylation is 1. The van der Waals surface area contributed by atoms with Gasteiger partial charge in [0, 0.05) is 41.5 Å². The third-order valence-corrected chi connectivity index (χ3v) is 4.11. The Labute approximate surface area is 139 Å². The van der Waals surface area contributed by atoms with Crippen molar-refractivity contribution in [3.63, 3.8) is 0 Å². The second-order valence-electron chi connectivity index (χ2n) is 5.63. The van der Waals surface area contributed by atoms with E-state index in [0.29, 0.717) is 0 Å². The molecule has 4 rings (SSSR count). The molecule has 0 aliphatic rings. The van der Waals surface area contributed by atoms with Gasteiger partial charge in [-0.3, -0.25) is 0 Å². The van der Waals surface area contributed by atoms with Crippen molar-refractivity contribution in [3.8, 4) is 16.9 Å². The van der Waals surface area contributed by atoms with Crippen molar-refractivity contribution in [1.29, 1.82) is 0 Å². The highest BCUT2D eigenvalue weighted by atomic mass is 16.4. The number of aromatic nitrogens is 3. The molecule has 0 unspecified atom stereocenters. The van der Waals surface area contributed by atoms with E-state index < -0.39 is 0 Å². The van der Waals surface area contributed by atoms with E-state index in [1.807, 2.05) is 55.7 Å². The fraction of sp³-hybridized carbons (Fsp3) is 0.0526. The standard InChI is InChI=1S/C19H16N4O/c1-22-13-17(16-9-5-6-10-18(16)22)19-14(11-20-24)12-23(21-19)15-7-3-2-4-8-15/h2-13,24H,1H3/b20-11-. The topological polar surface area (TPSA) is 55.3 Å². The third kappa shape index (κ3) is 2.27. The number of benzene rings is 2. The minimum atomic E-state index is 0.762. The molecule has 2 aromatic carbocycles. The van der Waals surface area contributed by atoms with Gasteiger partial charge in [0.25, 0.3) is 0 Å². The predicted octanol–water partition coefficient (Wildman–Crippen LogP) is 3.84. The Morgan fingerprint density at radius 2 is 1.75 bits per heavy atom. The fourth-order valence-electron chi connectivity index (χ4n) is 3.00. The lowest BCUT2D eigenvalue weighted by Gasteiger charge is -1.99. The van der Waals surface area contributed by atoms with Crippen LogP contribution in [-0.2, 0) is 7.05 Å². The molecule has 0 amide bonds. The van der Waals surface area contributed by atoms with E-state index in [0.717, 1.165) is 33.4 Å². The first kappa shape index (κ1) is 14.3. The zero-order chi connectivity index (χ0) is 16.5. The zero-order valence-electron chi connectivity index (χ0n) is 13.2. The van der Waals surface area contributed by atoms with Crippen LogP contribution in [0.3, 0.4) is 0 Å². The Hall–Kier alpha value is -3.34. The number of fused-ring (bicyclic) bond motifs is 1. The van der Waals surface area contributed by atoms with E-state index >= 15 is 0 Å². The van der Waals surface area contributed by atoms with Gasteiger partial charge < -0.3 is 9.77 Å². The molecule has 0 atom stereocenters. The maximum atomic E-state index is 9.02. The summed E-state index contributed by atoms with van der Waals surface area (Å²) >= 11 is 0. The van der Waals surface area contributed by atoms with Crippen LogP contribution >= 0.6 is 0 Å². The van der Waals surface area contributed by atoms with Crippen molar-refractivity contribution in [2.45, 2.75) is 0 Å². The summed E-state index contributed by atoms with van der Waals surface area (Å²) < 4.78 is 3.88. The third-order valence-electron chi connectivity index (χ3n) is 4.11. The number of nitrogens with zero attached hydrogens (tertiary/aromatic N) is 4. The van der Waals surface area contributed by atoms with Crippen LogP contribution in [-0.4, -0.2) is 25.8 Å². The van der Waals surface area contributed by atoms with Crippen LogP contribution in [0.4, 0.5) is 0 Å². The molecule has 0 aliphatic carbocycles. The van der Waals surface area contributed by atoms with E-state index in [1.54, 1.807) is 4.68 Å². The van der Waals surface area contributed by atoms with Gasteiger partial charge in [0.2, 0.25) is 0 Å². The molecular weight excluding hydrogens is 300 g/mol. The number of hydrogen-bond acceptors (Lipinski definition) is 3. The van der Waals surface area contributed by atoms with E-state index in [9.17, 15) is 0 Å². The summed E-state index contributed by atoms with van der Waals surface area (Å²) in [4.78, 5) is 0. The molecule has 0 bridgehead atoms. The summed E-state index contributed by atoms with van der Waals surface area (Å²) in [6, 6.07) is 18.1. The van der Waals surface area contributed by atoms with Gasteiger partial charge in [-0.2, -0.15) is 5.10 Å². The van der Waals surface area contributed by atoms with Gasteiger partial charge >= 0.3 is 0 Å². The lowest BCUT2D eigenvalue weighted by Crippen LogP contribution is -1.93. The molecule has 5 heteroatoms. The van der Waals surface area contributed by atoms with Crippen molar-refractivity contribution < 1.29 is 5.21 Å². The van der Waals surface area contributed by atoms with Gasteiger partial charge in [-0.05, 0) is 18.2 Å². The van der Waals surface area contributed by atoms with Crippen molar-refractivity contribution in [1.82, 2.24) is 14.3 Å². The van der Waals surface area contributed by atoms with Crippen molar-refractivity contribution in [2.75, 3.05) is 0 Å². The van der Waals surface area contributed by atoms with E-state index in [2.05, 4.69) is 28.1 Å².